The van der Waals surface area contributed by atoms with Gasteiger partial charge in [-0.15, -0.1) is 0 Å². The highest BCUT2D eigenvalue weighted by molar-refractivity contribution is 6.05. The number of nitrogen functional groups attached to an aromatic ring is 1. The molecule has 0 aliphatic heterocycles. The molecule has 21 heavy (non-hydrogen) atoms. The first-order chi connectivity index (χ1) is 9.81. The Morgan fingerprint density at radius 2 is 1.95 bits per heavy atom. The topological polar surface area (TPSA) is 72.9 Å². The highest BCUT2D eigenvalue weighted by atomic mass is 16.1. The molecule has 0 atom stereocenters. The van der Waals surface area contributed by atoms with Crippen LogP contribution in [0.2, 0.25) is 0 Å². The van der Waals surface area contributed by atoms with Crippen molar-refractivity contribution in [3.63, 3.8) is 0 Å². The second kappa shape index (κ2) is 5.60. The van der Waals surface area contributed by atoms with E-state index >= 15 is 0 Å². The third kappa shape index (κ3) is 2.91. The van der Waals surface area contributed by atoms with Crippen LogP contribution in [0.5, 0.6) is 0 Å². The lowest BCUT2D eigenvalue weighted by atomic mass is 10.1. The van der Waals surface area contributed by atoms with Crippen molar-refractivity contribution in [3.05, 3.63) is 40.7 Å². The number of benzene rings is 1. The first-order valence-electron chi connectivity index (χ1n) is 7.04. The molecule has 0 aliphatic carbocycles. The summed E-state index contributed by atoms with van der Waals surface area (Å²) >= 11 is 0. The molecule has 5 heteroatoms. The van der Waals surface area contributed by atoms with Crippen molar-refractivity contribution >= 4 is 17.3 Å². The Hall–Kier alpha value is -2.30. The van der Waals surface area contributed by atoms with E-state index in [-0.39, 0.29) is 11.9 Å². The number of hydrogen-bond donors (Lipinski definition) is 2. The fourth-order valence-electron chi connectivity index (χ4n) is 2.31. The number of amides is 1. The number of nitrogens with two attached hydrogens (primary N) is 1. The summed E-state index contributed by atoms with van der Waals surface area (Å²) in [4.78, 5) is 12.4. The number of aromatic nitrogens is 2. The van der Waals surface area contributed by atoms with Crippen molar-refractivity contribution in [2.45, 2.75) is 40.7 Å². The van der Waals surface area contributed by atoms with Gasteiger partial charge in [0.1, 0.15) is 0 Å². The Kier molecular flexibility index (Phi) is 4.02. The monoisotopic (exact) mass is 286 g/mol. The van der Waals surface area contributed by atoms with Gasteiger partial charge in [0.25, 0.3) is 5.91 Å². The van der Waals surface area contributed by atoms with Crippen LogP contribution in [0.3, 0.4) is 0 Å². The molecule has 0 saturated carbocycles. The van der Waals surface area contributed by atoms with Gasteiger partial charge in [-0.1, -0.05) is 6.07 Å². The molecule has 5 nitrogen and oxygen atoms in total. The van der Waals surface area contributed by atoms with E-state index in [1.54, 1.807) is 12.1 Å². The summed E-state index contributed by atoms with van der Waals surface area (Å²) in [6.45, 7) is 9.89. The smallest absolute Gasteiger partial charge is 0.255 e. The van der Waals surface area contributed by atoms with Crippen LogP contribution < -0.4 is 11.1 Å². The molecule has 0 spiro atoms. The van der Waals surface area contributed by atoms with Crippen LogP contribution in [0.1, 0.15) is 47.2 Å². The maximum Gasteiger partial charge on any atom is 0.255 e. The molecule has 1 heterocycles. The zero-order valence-electron chi connectivity index (χ0n) is 13.2. The van der Waals surface area contributed by atoms with Gasteiger partial charge in [0.15, 0.2) is 0 Å². The molecule has 2 rings (SSSR count). The third-order valence-electron chi connectivity index (χ3n) is 3.59. The summed E-state index contributed by atoms with van der Waals surface area (Å²) in [7, 11) is 0. The van der Waals surface area contributed by atoms with Crippen molar-refractivity contribution in [1.29, 1.82) is 0 Å². The van der Waals surface area contributed by atoms with E-state index in [0.717, 1.165) is 22.6 Å². The minimum Gasteiger partial charge on any atom is -0.398 e. The maximum absolute atomic E-state index is 12.4. The van der Waals surface area contributed by atoms with E-state index in [9.17, 15) is 4.79 Å². The zero-order chi connectivity index (χ0) is 15.7. The van der Waals surface area contributed by atoms with Crippen LogP contribution in [0.25, 0.3) is 0 Å². The molecule has 1 amide bonds. The zero-order valence-corrected chi connectivity index (χ0v) is 13.2. The Morgan fingerprint density at radius 1 is 1.29 bits per heavy atom. The van der Waals surface area contributed by atoms with Gasteiger partial charge >= 0.3 is 0 Å². The van der Waals surface area contributed by atoms with Crippen molar-refractivity contribution in [1.82, 2.24) is 9.78 Å². The van der Waals surface area contributed by atoms with Crippen molar-refractivity contribution < 1.29 is 4.79 Å². The van der Waals surface area contributed by atoms with Crippen molar-refractivity contribution in [2.24, 2.45) is 0 Å². The molecule has 2 aromatic rings. The molecular weight excluding hydrogens is 264 g/mol. The summed E-state index contributed by atoms with van der Waals surface area (Å²) in [6.07, 6.45) is 0. The number of anilines is 2. The first-order valence-corrected chi connectivity index (χ1v) is 7.04. The van der Waals surface area contributed by atoms with Gasteiger partial charge in [0, 0.05) is 17.3 Å². The highest BCUT2D eigenvalue weighted by Gasteiger charge is 2.16. The fraction of sp³-hybridized carbons (Fsp3) is 0.375. The summed E-state index contributed by atoms with van der Waals surface area (Å²) in [6, 6.07) is 5.58. The van der Waals surface area contributed by atoms with E-state index in [1.165, 1.54) is 0 Å². The van der Waals surface area contributed by atoms with Crippen molar-refractivity contribution in [2.75, 3.05) is 11.1 Å². The molecule has 0 unspecified atom stereocenters. The van der Waals surface area contributed by atoms with E-state index in [1.807, 2.05) is 31.5 Å². The number of aryl methyl sites for hydroxylation is 2. The minimum atomic E-state index is -0.170. The van der Waals surface area contributed by atoms with Gasteiger partial charge in [-0.05, 0) is 52.3 Å². The number of rotatable bonds is 3. The largest absolute Gasteiger partial charge is 0.398 e. The molecule has 0 fully saturated rings. The van der Waals surface area contributed by atoms with Crippen LogP contribution in [0.15, 0.2) is 18.2 Å². The predicted molar refractivity (Wildman–Crippen MR) is 85.6 cm³/mol. The lowest BCUT2D eigenvalue weighted by Gasteiger charge is -2.10. The summed E-state index contributed by atoms with van der Waals surface area (Å²) in [5, 5.41) is 7.40. The van der Waals surface area contributed by atoms with Gasteiger partial charge in [0.2, 0.25) is 0 Å². The molecule has 0 radical (unpaired) electrons. The van der Waals surface area contributed by atoms with Crippen LogP contribution in [0.4, 0.5) is 11.4 Å². The van der Waals surface area contributed by atoms with Crippen LogP contribution in [-0.2, 0) is 0 Å². The maximum atomic E-state index is 12.4. The molecule has 112 valence electrons. The van der Waals surface area contributed by atoms with Gasteiger partial charge in [-0.25, -0.2) is 0 Å². The summed E-state index contributed by atoms with van der Waals surface area (Å²) in [5.74, 6) is -0.170. The van der Waals surface area contributed by atoms with E-state index in [2.05, 4.69) is 24.3 Å². The standard InChI is InChI=1S/C16H22N4O/c1-9(2)20-12(5)15(11(4)19-20)18-16(21)13-7-6-10(3)14(17)8-13/h6-9H,17H2,1-5H3,(H,18,21). The summed E-state index contributed by atoms with van der Waals surface area (Å²) < 4.78 is 1.91. The molecule has 0 bridgehead atoms. The number of nitrogens with one attached hydrogen (secondary N) is 1. The van der Waals surface area contributed by atoms with Gasteiger partial charge in [0.05, 0.1) is 17.1 Å². The highest BCUT2D eigenvalue weighted by Crippen LogP contribution is 2.23. The van der Waals surface area contributed by atoms with Gasteiger partial charge in [-0.3, -0.25) is 9.48 Å². The summed E-state index contributed by atoms with van der Waals surface area (Å²) in [5.41, 5.74) is 10.5. The molecule has 3 N–H and O–H groups in total. The molecule has 0 aliphatic rings. The number of carbonyl (C=O) groups excluding carboxylic acids is 1. The third-order valence-corrected chi connectivity index (χ3v) is 3.59. The quantitative estimate of drug-likeness (QED) is 0.851. The van der Waals surface area contributed by atoms with Gasteiger partial charge < -0.3 is 11.1 Å². The molecule has 1 aromatic heterocycles. The van der Waals surface area contributed by atoms with Crippen molar-refractivity contribution in [3.8, 4) is 0 Å². The van der Waals surface area contributed by atoms with Gasteiger partial charge in [-0.2, -0.15) is 5.10 Å². The molecule has 1 aromatic carbocycles. The lowest BCUT2D eigenvalue weighted by molar-refractivity contribution is 0.102. The number of carbonyl (C=O) groups is 1. The van der Waals surface area contributed by atoms with Crippen LogP contribution in [0, 0.1) is 20.8 Å². The Balaban J connectivity index is 2.29. The Bertz CT molecular complexity index is 686. The van der Waals surface area contributed by atoms with E-state index in [4.69, 9.17) is 5.73 Å². The Labute approximate surface area is 125 Å². The molecule has 0 saturated heterocycles. The predicted octanol–water partition coefficient (Wildman–Crippen LogP) is 3.22. The molecular formula is C16H22N4O. The minimum absolute atomic E-state index is 0.170. The van der Waals surface area contributed by atoms with Crippen LogP contribution >= 0.6 is 0 Å². The fourth-order valence-corrected chi connectivity index (χ4v) is 2.31. The SMILES string of the molecule is Cc1ccc(C(=O)Nc2c(C)nn(C(C)C)c2C)cc1N. The lowest BCUT2D eigenvalue weighted by Crippen LogP contribution is -2.14. The normalized spacial score (nSPS) is 11.0. The second-order valence-corrected chi connectivity index (χ2v) is 5.61. The second-order valence-electron chi connectivity index (χ2n) is 5.61. The van der Waals surface area contributed by atoms with E-state index in [0.29, 0.717) is 11.3 Å². The van der Waals surface area contributed by atoms with Crippen LogP contribution in [-0.4, -0.2) is 15.7 Å². The first kappa shape index (κ1) is 15.1. The Morgan fingerprint density at radius 3 is 2.48 bits per heavy atom. The van der Waals surface area contributed by atoms with E-state index < -0.39 is 0 Å². The average molecular weight is 286 g/mol. The number of nitrogens with zero attached hydrogens (tertiary/aromatic N) is 2. The number of hydrogen-bond acceptors (Lipinski definition) is 3. The average Bonchev–Trinajstić information content (AvgIpc) is 2.70.